The molecule has 0 aliphatic carbocycles. The first-order valence-electron chi connectivity index (χ1n) is 7.95. The smallest absolute Gasteiger partial charge is 0.299 e. The molecule has 3 nitrogen and oxygen atoms in total. The molecule has 1 heterocycles. The predicted octanol–water partition coefficient (Wildman–Crippen LogP) is 4.74. The van der Waals surface area contributed by atoms with Crippen molar-refractivity contribution in [2.75, 3.05) is 4.90 Å². The molecule has 0 spiro atoms. The summed E-state index contributed by atoms with van der Waals surface area (Å²) >= 11 is 6.27. The van der Waals surface area contributed by atoms with Gasteiger partial charge < -0.3 is 0 Å². The highest BCUT2D eigenvalue weighted by Crippen LogP contribution is 2.37. The molecule has 0 unspecified atom stereocenters. The van der Waals surface area contributed by atoms with Gasteiger partial charge in [-0.3, -0.25) is 14.5 Å². The van der Waals surface area contributed by atoms with E-state index in [1.54, 1.807) is 18.2 Å². The summed E-state index contributed by atoms with van der Waals surface area (Å²) in [5.74, 6) is -1.04. The van der Waals surface area contributed by atoms with Crippen molar-refractivity contribution in [3.05, 3.63) is 88.9 Å². The van der Waals surface area contributed by atoms with Crippen LogP contribution in [-0.4, -0.2) is 11.7 Å². The molecule has 0 saturated carbocycles. The van der Waals surface area contributed by atoms with E-state index in [0.29, 0.717) is 22.8 Å². The molecule has 0 saturated heterocycles. The zero-order valence-electron chi connectivity index (χ0n) is 13.3. The molecule has 1 amide bonds. The van der Waals surface area contributed by atoms with Gasteiger partial charge in [-0.05, 0) is 28.8 Å². The second kappa shape index (κ2) is 6.19. The maximum absolute atomic E-state index is 12.5. The molecule has 122 valence electrons. The lowest BCUT2D eigenvalue weighted by atomic mass is 9.99. The first-order chi connectivity index (χ1) is 12.2. The Bertz CT molecular complexity index is 982. The quantitative estimate of drug-likeness (QED) is 0.642. The van der Waals surface area contributed by atoms with Crippen molar-refractivity contribution >= 4 is 29.0 Å². The largest absolute Gasteiger partial charge is 0.299 e. The third-order valence-corrected chi connectivity index (χ3v) is 4.68. The molecule has 3 aromatic rings. The van der Waals surface area contributed by atoms with Crippen LogP contribution < -0.4 is 4.90 Å². The Kier molecular flexibility index (Phi) is 3.86. The zero-order chi connectivity index (χ0) is 17.4. The summed E-state index contributed by atoms with van der Waals surface area (Å²) in [5, 5.41) is 0.411. The normalized spacial score (nSPS) is 13.2. The number of ketones is 1. The lowest BCUT2D eigenvalue weighted by Gasteiger charge is -2.20. The first-order valence-corrected chi connectivity index (χ1v) is 8.32. The second-order valence-corrected chi connectivity index (χ2v) is 6.29. The van der Waals surface area contributed by atoms with E-state index in [9.17, 15) is 9.59 Å². The molecule has 0 radical (unpaired) electrons. The molecule has 4 heteroatoms. The Morgan fingerprint density at radius 1 is 0.760 bits per heavy atom. The Hall–Kier alpha value is -2.91. The van der Waals surface area contributed by atoms with Crippen LogP contribution in [0, 0.1) is 0 Å². The molecule has 4 rings (SSSR count). The SMILES string of the molecule is O=C1C(=O)N(Cc2ccccc2-c2ccccc2)c2c(Cl)cccc21. The van der Waals surface area contributed by atoms with Gasteiger partial charge in [0.25, 0.3) is 11.7 Å². The summed E-state index contributed by atoms with van der Waals surface area (Å²) in [7, 11) is 0. The van der Waals surface area contributed by atoms with Crippen molar-refractivity contribution in [2.24, 2.45) is 0 Å². The molecular formula is C21H14ClNO2. The average molecular weight is 348 g/mol. The van der Waals surface area contributed by atoms with E-state index in [-0.39, 0.29) is 0 Å². The van der Waals surface area contributed by atoms with E-state index in [1.165, 1.54) is 4.90 Å². The Balaban J connectivity index is 1.78. The van der Waals surface area contributed by atoms with Crippen molar-refractivity contribution in [1.29, 1.82) is 0 Å². The minimum Gasteiger partial charge on any atom is -0.299 e. The number of nitrogens with zero attached hydrogens (tertiary/aromatic N) is 1. The number of hydrogen-bond acceptors (Lipinski definition) is 2. The van der Waals surface area contributed by atoms with Crippen LogP contribution in [0.15, 0.2) is 72.8 Å². The van der Waals surface area contributed by atoms with E-state index in [4.69, 9.17) is 11.6 Å². The van der Waals surface area contributed by atoms with Crippen LogP contribution in [0.2, 0.25) is 5.02 Å². The topological polar surface area (TPSA) is 37.4 Å². The summed E-state index contributed by atoms with van der Waals surface area (Å²) in [6.45, 7) is 0.298. The highest BCUT2D eigenvalue weighted by Gasteiger charge is 2.37. The predicted molar refractivity (Wildman–Crippen MR) is 98.9 cm³/mol. The maximum atomic E-state index is 12.5. The number of fused-ring (bicyclic) bond motifs is 1. The molecule has 0 fully saturated rings. The van der Waals surface area contributed by atoms with Crippen LogP contribution in [0.3, 0.4) is 0 Å². The number of anilines is 1. The lowest BCUT2D eigenvalue weighted by molar-refractivity contribution is -0.114. The van der Waals surface area contributed by atoms with Crippen LogP contribution in [0.1, 0.15) is 15.9 Å². The average Bonchev–Trinajstić information content (AvgIpc) is 2.89. The summed E-state index contributed by atoms with van der Waals surface area (Å²) < 4.78 is 0. The van der Waals surface area contributed by atoms with Gasteiger partial charge in [-0.1, -0.05) is 72.3 Å². The molecule has 25 heavy (non-hydrogen) atoms. The summed E-state index contributed by atoms with van der Waals surface area (Å²) in [5.41, 5.74) is 3.93. The van der Waals surface area contributed by atoms with Gasteiger partial charge in [0.05, 0.1) is 22.8 Å². The highest BCUT2D eigenvalue weighted by atomic mass is 35.5. The van der Waals surface area contributed by atoms with Crippen molar-refractivity contribution < 1.29 is 9.59 Å². The maximum Gasteiger partial charge on any atom is 0.299 e. The van der Waals surface area contributed by atoms with Gasteiger partial charge in [-0.25, -0.2) is 0 Å². The van der Waals surface area contributed by atoms with Crippen molar-refractivity contribution in [1.82, 2.24) is 0 Å². The number of rotatable bonds is 3. The number of benzene rings is 3. The van der Waals surface area contributed by atoms with Gasteiger partial charge in [-0.2, -0.15) is 0 Å². The standard InChI is InChI=1S/C21H14ClNO2/c22-18-12-6-11-17-19(18)23(21(25)20(17)24)13-15-9-4-5-10-16(15)14-7-2-1-3-8-14/h1-12H,13H2. The van der Waals surface area contributed by atoms with Gasteiger partial charge in [0.1, 0.15) is 0 Å². The van der Waals surface area contributed by atoms with Crippen molar-refractivity contribution in [2.45, 2.75) is 6.54 Å². The van der Waals surface area contributed by atoms with Crippen LogP contribution in [0.25, 0.3) is 11.1 Å². The number of hydrogen-bond donors (Lipinski definition) is 0. The number of carbonyl (C=O) groups excluding carboxylic acids is 2. The van der Waals surface area contributed by atoms with Crippen LogP contribution in [0.4, 0.5) is 5.69 Å². The summed E-state index contributed by atoms with van der Waals surface area (Å²) in [6, 6.07) is 22.9. The van der Waals surface area contributed by atoms with E-state index < -0.39 is 11.7 Å². The molecule has 0 aromatic heterocycles. The Labute approximate surface area is 150 Å². The summed E-state index contributed by atoms with van der Waals surface area (Å²) in [4.78, 5) is 26.2. The van der Waals surface area contributed by atoms with Gasteiger partial charge >= 0.3 is 0 Å². The molecule has 0 bridgehead atoms. The van der Waals surface area contributed by atoms with E-state index in [2.05, 4.69) is 0 Å². The van der Waals surface area contributed by atoms with Crippen molar-refractivity contribution in [3.8, 4) is 11.1 Å². The number of para-hydroxylation sites is 1. The monoisotopic (exact) mass is 347 g/mol. The number of carbonyl (C=O) groups is 2. The van der Waals surface area contributed by atoms with Crippen LogP contribution in [0.5, 0.6) is 0 Å². The Morgan fingerprint density at radius 2 is 1.44 bits per heavy atom. The molecule has 1 aliphatic heterocycles. The minimum absolute atomic E-state index is 0.298. The fraction of sp³-hybridized carbons (Fsp3) is 0.0476. The summed E-state index contributed by atoms with van der Waals surface area (Å²) in [6.07, 6.45) is 0. The molecule has 0 N–H and O–H groups in total. The van der Waals surface area contributed by atoms with E-state index in [1.807, 2.05) is 54.6 Å². The molecule has 0 atom stereocenters. The third kappa shape index (κ3) is 2.63. The third-order valence-electron chi connectivity index (χ3n) is 4.37. The fourth-order valence-electron chi connectivity index (χ4n) is 3.19. The van der Waals surface area contributed by atoms with Crippen LogP contribution in [-0.2, 0) is 11.3 Å². The molecule has 1 aliphatic rings. The lowest BCUT2D eigenvalue weighted by Crippen LogP contribution is -2.29. The number of Topliss-reactive ketones (excluding diaryl/α,β-unsaturated/α-hetero) is 1. The minimum atomic E-state index is -0.536. The second-order valence-electron chi connectivity index (χ2n) is 5.88. The van der Waals surface area contributed by atoms with E-state index in [0.717, 1.165) is 16.7 Å². The van der Waals surface area contributed by atoms with Gasteiger partial charge in [0.15, 0.2) is 0 Å². The van der Waals surface area contributed by atoms with Crippen molar-refractivity contribution in [3.63, 3.8) is 0 Å². The molecular weight excluding hydrogens is 334 g/mol. The highest BCUT2D eigenvalue weighted by molar-refractivity contribution is 6.54. The van der Waals surface area contributed by atoms with Gasteiger partial charge in [0.2, 0.25) is 0 Å². The zero-order valence-corrected chi connectivity index (χ0v) is 14.0. The number of amides is 1. The van der Waals surface area contributed by atoms with E-state index >= 15 is 0 Å². The van der Waals surface area contributed by atoms with Crippen LogP contribution >= 0.6 is 11.6 Å². The molecule has 3 aromatic carbocycles. The van der Waals surface area contributed by atoms with Gasteiger partial charge in [-0.15, -0.1) is 0 Å². The van der Waals surface area contributed by atoms with Gasteiger partial charge in [0, 0.05) is 0 Å². The first kappa shape index (κ1) is 15.6. The Morgan fingerprint density at radius 3 is 2.24 bits per heavy atom. The fourth-order valence-corrected chi connectivity index (χ4v) is 3.47. The number of halogens is 1.